The molecule has 4 fully saturated rings. The number of carbonyl (C=O) groups is 1. The molecule has 3 atom stereocenters. The fourth-order valence-electron chi connectivity index (χ4n) is 7.35. The van der Waals surface area contributed by atoms with Crippen molar-refractivity contribution < 1.29 is 9.72 Å². The fraction of sp³-hybridized carbons (Fsp3) is 0.840. The Morgan fingerprint density at radius 3 is 2.55 bits per heavy atom. The lowest BCUT2D eigenvalue weighted by atomic mass is 9.58. The molecule has 2 aliphatic carbocycles. The van der Waals surface area contributed by atoms with Gasteiger partial charge in [-0.25, -0.2) is 4.68 Å². The summed E-state index contributed by atoms with van der Waals surface area (Å²) < 4.78 is 1.69. The highest BCUT2D eigenvalue weighted by atomic mass is 16.6. The molecule has 1 amide bonds. The van der Waals surface area contributed by atoms with Gasteiger partial charge in [0.1, 0.15) is 5.69 Å². The summed E-state index contributed by atoms with van der Waals surface area (Å²) in [5.41, 5.74) is 1.23. The predicted molar refractivity (Wildman–Crippen MR) is 127 cm³/mol. The quantitative estimate of drug-likeness (QED) is 0.486. The van der Waals surface area contributed by atoms with Crippen LogP contribution in [0.2, 0.25) is 0 Å². The van der Waals surface area contributed by atoms with Gasteiger partial charge in [-0.3, -0.25) is 14.9 Å². The first-order chi connectivity index (χ1) is 15.9. The molecule has 1 aromatic rings. The average Bonchev–Trinajstić information content (AvgIpc) is 3.42. The van der Waals surface area contributed by atoms with Crippen LogP contribution in [0, 0.1) is 33.3 Å². The normalized spacial score (nSPS) is 29.3. The van der Waals surface area contributed by atoms with Crippen LogP contribution in [0.4, 0.5) is 11.5 Å². The molecule has 4 aliphatic rings. The summed E-state index contributed by atoms with van der Waals surface area (Å²) in [5.74, 6) is 2.27. The molecular weight excluding hydrogens is 418 g/mol. The van der Waals surface area contributed by atoms with Crippen molar-refractivity contribution in [3.05, 3.63) is 15.8 Å². The standard InChI is InChI=1S/C25H39N5O3/c1-3-21-22(30(32)33)23(27(2)26-21)28-14-9-20(16-28)19-8-5-13-29(17-19)24(31)18-7-4-10-25(15-18)11-6-12-25/h18-20H,3-17H2,1-2H3. The zero-order chi connectivity index (χ0) is 23.2. The Kier molecular flexibility index (Phi) is 6.12. The Morgan fingerprint density at radius 1 is 1.09 bits per heavy atom. The molecule has 0 bridgehead atoms. The molecule has 1 aromatic heterocycles. The first-order valence-electron chi connectivity index (χ1n) is 13.1. The number of aromatic nitrogens is 2. The van der Waals surface area contributed by atoms with E-state index in [4.69, 9.17) is 0 Å². The molecule has 5 rings (SSSR count). The molecule has 33 heavy (non-hydrogen) atoms. The van der Waals surface area contributed by atoms with E-state index < -0.39 is 0 Å². The van der Waals surface area contributed by atoms with Gasteiger partial charge in [0.05, 0.1) is 4.92 Å². The Bertz CT molecular complexity index is 908. The summed E-state index contributed by atoms with van der Waals surface area (Å²) >= 11 is 0. The summed E-state index contributed by atoms with van der Waals surface area (Å²) in [4.78, 5) is 29.3. The van der Waals surface area contributed by atoms with E-state index in [1.807, 2.05) is 14.0 Å². The molecule has 8 heteroatoms. The molecule has 182 valence electrons. The van der Waals surface area contributed by atoms with Gasteiger partial charge in [0.25, 0.3) is 0 Å². The number of nitro groups is 1. The molecule has 0 N–H and O–H groups in total. The van der Waals surface area contributed by atoms with Crippen LogP contribution in [-0.2, 0) is 18.3 Å². The minimum atomic E-state index is -0.269. The molecule has 2 saturated carbocycles. The monoisotopic (exact) mass is 457 g/mol. The summed E-state index contributed by atoms with van der Waals surface area (Å²) in [5, 5.41) is 16.2. The molecule has 0 radical (unpaired) electrons. The van der Waals surface area contributed by atoms with Crippen molar-refractivity contribution in [1.82, 2.24) is 14.7 Å². The Balaban J connectivity index is 1.24. The number of aryl methyl sites for hydroxylation is 2. The minimum Gasteiger partial charge on any atom is -0.351 e. The van der Waals surface area contributed by atoms with Crippen LogP contribution in [-0.4, -0.2) is 51.7 Å². The number of piperidine rings is 1. The molecule has 3 heterocycles. The molecule has 1 spiro atoms. The second kappa shape index (κ2) is 8.91. The van der Waals surface area contributed by atoms with E-state index in [2.05, 4.69) is 14.9 Å². The minimum absolute atomic E-state index is 0.170. The van der Waals surface area contributed by atoms with E-state index in [0.717, 1.165) is 58.3 Å². The maximum atomic E-state index is 13.5. The van der Waals surface area contributed by atoms with Crippen LogP contribution < -0.4 is 4.90 Å². The summed E-state index contributed by atoms with van der Waals surface area (Å²) in [6, 6.07) is 0. The van der Waals surface area contributed by atoms with Gasteiger partial charge in [-0.1, -0.05) is 19.8 Å². The number of hydrogen-bond donors (Lipinski definition) is 0. The van der Waals surface area contributed by atoms with Crippen molar-refractivity contribution in [3.8, 4) is 0 Å². The number of amides is 1. The van der Waals surface area contributed by atoms with E-state index >= 15 is 0 Å². The van der Waals surface area contributed by atoms with Gasteiger partial charge in [-0.05, 0) is 75.0 Å². The van der Waals surface area contributed by atoms with Crippen molar-refractivity contribution in [2.45, 2.75) is 77.6 Å². The second-order valence-corrected chi connectivity index (χ2v) is 11.2. The highest BCUT2D eigenvalue weighted by molar-refractivity contribution is 5.79. The van der Waals surface area contributed by atoms with E-state index in [0.29, 0.717) is 41.1 Å². The first-order valence-corrected chi connectivity index (χ1v) is 13.1. The van der Waals surface area contributed by atoms with E-state index in [1.54, 1.807) is 4.68 Å². The van der Waals surface area contributed by atoms with E-state index in [-0.39, 0.29) is 16.5 Å². The van der Waals surface area contributed by atoms with Gasteiger partial charge < -0.3 is 9.80 Å². The number of rotatable bonds is 5. The Morgan fingerprint density at radius 2 is 1.85 bits per heavy atom. The second-order valence-electron chi connectivity index (χ2n) is 11.2. The largest absolute Gasteiger partial charge is 0.351 e. The van der Waals surface area contributed by atoms with Gasteiger partial charge in [-0.2, -0.15) is 5.10 Å². The highest BCUT2D eigenvalue weighted by Crippen LogP contribution is 2.53. The number of nitrogens with zero attached hydrogens (tertiary/aromatic N) is 5. The Hall–Kier alpha value is -2.12. The van der Waals surface area contributed by atoms with Gasteiger partial charge in [0, 0.05) is 39.1 Å². The molecule has 2 aliphatic heterocycles. The molecule has 3 unspecified atom stereocenters. The molecule has 2 saturated heterocycles. The van der Waals surface area contributed by atoms with Crippen LogP contribution in [0.1, 0.15) is 76.8 Å². The average molecular weight is 458 g/mol. The van der Waals surface area contributed by atoms with Gasteiger partial charge in [0.2, 0.25) is 11.7 Å². The predicted octanol–water partition coefficient (Wildman–Crippen LogP) is 4.32. The SMILES string of the molecule is CCc1nn(C)c(N2CCC(C3CCCN(C(=O)C4CCCC5(CCC5)C4)C3)C2)c1[N+](=O)[O-]. The smallest absolute Gasteiger partial charge is 0.334 e. The maximum absolute atomic E-state index is 13.5. The fourth-order valence-corrected chi connectivity index (χ4v) is 7.35. The number of carbonyl (C=O) groups excluding carboxylic acids is 1. The number of anilines is 1. The van der Waals surface area contributed by atoms with Crippen molar-refractivity contribution in [1.29, 1.82) is 0 Å². The maximum Gasteiger partial charge on any atom is 0.334 e. The molecule has 0 aromatic carbocycles. The summed E-state index contributed by atoms with van der Waals surface area (Å²) in [6.45, 7) is 5.34. The van der Waals surface area contributed by atoms with Crippen LogP contribution in [0.15, 0.2) is 0 Å². The first kappa shape index (κ1) is 22.7. The highest BCUT2D eigenvalue weighted by Gasteiger charge is 2.44. The van der Waals surface area contributed by atoms with Crippen molar-refractivity contribution in [2.24, 2.45) is 30.2 Å². The van der Waals surface area contributed by atoms with Crippen LogP contribution in [0.3, 0.4) is 0 Å². The Labute approximate surface area is 196 Å². The van der Waals surface area contributed by atoms with E-state index in [1.165, 1.54) is 32.1 Å². The van der Waals surface area contributed by atoms with Crippen LogP contribution >= 0.6 is 0 Å². The van der Waals surface area contributed by atoms with Gasteiger partial charge >= 0.3 is 5.69 Å². The third-order valence-corrected chi connectivity index (χ3v) is 9.24. The lowest BCUT2D eigenvalue weighted by Gasteiger charge is -2.48. The van der Waals surface area contributed by atoms with Crippen LogP contribution in [0.5, 0.6) is 0 Å². The summed E-state index contributed by atoms with van der Waals surface area (Å²) in [7, 11) is 1.81. The van der Waals surface area contributed by atoms with Crippen LogP contribution in [0.25, 0.3) is 0 Å². The zero-order valence-corrected chi connectivity index (χ0v) is 20.3. The molecule has 8 nitrogen and oxygen atoms in total. The third-order valence-electron chi connectivity index (χ3n) is 9.24. The van der Waals surface area contributed by atoms with Crippen molar-refractivity contribution >= 4 is 17.4 Å². The van der Waals surface area contributed by atoms with Gasteiger partial charge in [0.15, 0.2) is 0 Å². The third kappa shape index (κ3) is 4.14. The lowest BCUT2D eigenvalue weighted by molar-refractivity contribution is -0.384. The molecular formula is C25H39N5O3. The number of likely N-dealkylation sites (tertiary alicyclic amines) is 1. The zero-order valence-electron chi connectivity index (χ0n) is 20.3. The van der Waals surface area contributed by atoms with Crippen molar-refractivity contribution in [3.63, 3.8) is 0 Å². The van der Waals surface area contributed by atoms with E-state index in [9.17, 15) is 14.9 Å². The lowest BCUT2D eigenvalue weighted by Crippen LogP contribution is -2.47. The summed E-state index contributed by atoms with van der Waals surface area (Å²) in [6.07, 6.45) is 12.6. The number of hydrogen-bond acceptors (Lipinski definition) is 5. The van der Waals surface area contributed by atoms with Gasteiger partial charge in [-0.15, -0.1) is 0 Å². The van der Waals surface area contributed by atoms with Crippen molar-refractivity contribution in [2.75, 3.05) is 31.1 Å². The topological polar surface area (TPSA) is 84.5 Å².